The van der Waals surface area contributed by atoms with Gasteiger partial charge in [-0.1, -0.05) is 37.5 Å². The van der Waals surface area contributed by atoms with Crippen molar-refractivity contribution in [2.24, 2.45) is 5.92 Å². The first kappa shape index (κ1) is 22.2. The third kappa shape index (κ3) is 6.26. The van der Waals surface area contributed by atoms with Crippen molar-refractivity contribution in [3.05, 3.63) is 48.7 Å². The van der Waals surface area contributed by atoms with E-state index in [-0.39, 0.29) is 10.8 Å². The number of sulfonamides is 1. The summed E-state index contributed by atoms with van der Waals surface area (Å²) in [4.78, 5) is 15.9. The predicted octanol–water partition coefficient (Wildman–Crippen LogP) is 0.839. The van der Waals surface area contributed by atoms with Crippen molar-refractivity contribution in [2.45, 2.75) is 36.5 Å². The van der Waals surface area contributed by atoms with Crippen molar-refractivity contribution < 1.29 is 28.0 Å². The van der Waals surface area contributed by atoms with Gasteiger partial charge in [0.15, 0.2) is 0 Å². The minimum Gasteiger partial charge on any atom is -0.439 e. The maximum Gasteiger partial charge on any atom is 0.475 e. The molecule has 0 unspecified atom stereocenters. The second kappa shape index (κ2) is 10.0. The van der Waals surface area contributed by atoms with Crippen LogP contribution in [0.5, 0.6) is 11.6 Å². The highest BCUT2D eigenvalue weighted by Gasteiger charge is 2.31. The molecule has 1 aromatic carbocycles. The fraction of sp³-hybridized carbons (Fsp3) is 0.368. The first-order valence-corrected chi connectivity index (χ1v) is 11.2. The van der Waals surface area contributed by atoms with Gasteiger partial charge >= 0.3 is 7.12 Å². The van der Waals surface area contributed by atoms with Crippen LogP contribution < -0.4 is 14.8 Å². The summed E-state index contributed by atoms with van der Waals surface area (Å²) in [6.45, 7) is -0.529. The van der Waals surface area contributed by atoms with E-state index >= 15 is 0 Å². The number of nitrogens with one attached hydrogen (secondary N) is 2. The molecule has 9 nitrogen and oxygen atoms in total. The monoisotopic (exact) mass is 433 g/mol. The fourth-order valence-corrected chi connectivity index (χ4v) is 3.97. The second-order valence-electron chi connectivity index (χ2n) is 7.19. The molecule has 1 aliphatic carbocycles. The molecule has 30 heavy (non-hydrogen) atoms. The highest BCUT2D eigenvalue weighted by Crippen LogP contribution is 2.30. The Labute approximate surface area is 175 Å². The van der Waals surface area contributed by atoms with E-state index in [9.17, 15) is 23.3 Å². The number of pyridine rings is 1. The van der Waals surface area contributed by atoms with Crippen LogP contribution in [0, 0.1) is 5.92 Å². The highest BCUT2D eigenvalue weighted by atomic mass is 32.2. The molecule has 1 heterocycles. The Balaban J connectivity index is 1.53. The predicted molar refractivity (Wildman–Crippen MR) is 110 cm³/mol. The van der Waals surface area contributed by atoms with E-state index in [2.05, 4.69) is 15.0 Å². The number of rotatable bonds is 10. The van der Waals surface area contributed by atoms with Gasteiger partial charge in [-0.05, 0) is 30.5 Å². The van der Waals surface area contributed by atoms with Gasteiger partial charge in [-0.15, -0.1) is 0 Å². The lowest BCUT2D eigenvalue weighted by Gasteiger charge is -2.29. The Morgan fingerprint density at radius 3 is 2.50 bits per heavy atom. The molecule has 4 N–H and O–H groups in total. The molecule has 0 radical (unpaired) electrons. The molecule has 3 rings (SSSR count). The number of nitrogens with zero attached hydrogens (tertiary/aromatic N) is 1. The number of carbonyl (C=O) groups excluding carboxylic acids is 1. The molecule has 0 bridgehead atoms. The van der Waals surface area contributed by atoms with Crippen LogP contribution in [0.4, 0.5) is 0 Å². The van der Waals surface area contributed by atoms with Gasteiger partial charge in [-0.25, -0.2) is 18.1 Å². The fourth-order valence-electron chi connectivity index (χ4n) is 3.04. The van der Waals surface area contributed by atoms with Crippen LogP contribution >= 0.6 is 0 Å². The largest absolute Gasteiger partial charge is 0.475 e. The molecule has 1 saturated carbocycles. The molecule has 1 aliphatic rings. The summed E-state index contributed by atoms with van der Waals surface area (Å²) in [6.07, 6.45) is 4.65. The van der Waals surface area contributed by atoms with Crippen molar-refractivity contribution in [2.75, 3.05) is 6.54 Å². The number of hydrogen-bond donors (Lipinski definition) is 4. The molecule has 1 aromatic heterocycles. The minimum absolute atomic E-state index is 0.121. The van der Waals surface area contributed by atoms with Gasteiger partial charge in [0.1, 0.15) is 10.6 Å². The summed E-state index contributed by atoms with van der Waals surface area (Å²) < 4.78 is 32.5. The molecule has 1 fully saturated rings. The first-order chi connectivity index (χ1) is 14.3. The van der Waals surface area contributed by atoms with E-state index in [1.165, 1.54) is 12.1 Å². The lowest BCUT2D eigenvalue weighted by atomic mass is 9.70. The average molecular weight is 433 g/mol. The van der Waals surface area contributed by atoms with Crippen LogP contribution in [0.25, 0.3) is 0 Å². The smallest absolute Gasteiger partial charge is 0.439 e. The molecule has 11 heteroatoms. The highest BCUT2D eigenvalue weighted by molar-refractivity contribution is 7.89. The summed E-state index contributed by atoms with van der Waals surface area (Å²) in [5.41, 5.74) is 0. The SMILES string of the molecule is O=C(CNS(=O)(=O)c1ccc(Oc2ccccc2)nc1)N[C@@H](CC1CCC1)B(O)O. The zero-order valence-corrected chi connectivity index (χ0v) is 17.1. The molecule has 1 atom stereocenters. The van der Waals surface area contributed by atoms with E-state index in [1.807, 2.05) is 6.07 Å². The Kier molecular flexibility index (Phi) is 7.43. The summed E-state index contributed by atoms with van der Waals surface area (Å²) >= 11 is 0. The summed E-state index contributed by atoms with van der Waals surface area (Å²) in [5, 5.41) is 21.4. The Morgan fingerprint density at radius 2 is 1.93 bits per heavy atom. The average Bonchev–Trinajstić information content (AvgIpc) is 2.69. The van der Waals surface area contributed by atoms with Crippen LogP contribution in [-0.2, 0) is 14.8 Å². The summed E-state index contributed by atoms with van der Waals surface area (Å²) in [7, 11) is -5.67. The number of ether oxygens (including phenoxy) is 1. The van der Waals surface area contributed by atoms with Crippen LogP contribution in [0.1, 0.15) is 25.7 Å². The number of carbonyl (C=O) groups is 1. The normalized spacial score (nSPS) is 15.1. The molecule has 1 amide bonds. The van der Waals surface area contributed by atoms with Gasteiger partial charge in [0.2, 0.25) is 21.8 Å². The molecular formula is C19H24BN3O6S. The number of amides is 1. The lowest BCUT2D eigenvalue weighted by Crippen LogP contribution is -2.50. The number of aromatic nitrogens is 1. The van der Waals surface area contributed by atoms with Crippen molar-refractivity contribution in [1.29, 1.82) is 0 Å². The van der Waals surface area contributed by atoms with E-state index in [0.29, 0.717) is 18.1 Å². The van der Waals surface area contributed by atoms with E-state index in [4.69, 9.17) is 4.74 Å². The number of hydrogen-bond acceptors (Lipinski definition) is 7. The van der Waals surface area contributed by atoms with Gasteiger partial charge in [0.25, 0.3) is 0 Å². The molecule has 0 saturated heterocycles. The number of para-hydroxylation sites is 1. The van der Waals surface area contributed by atoms with Gasteiger partial charge in [0.05, 0.1) is 18.7 Å². The van der Waals surface area contributed by atoms with E-state index < -0.39 is 35.5 Å². The third-order valence-electron chi connectivity index (χ3n) is 4.93. The van der Waals surface area contributed by atoms with Crippen molar-refractivity contribution in [1.82, 2.24) is 15.0 Å². The Morgan fingerprint density at radius 1 is 1.20 bits per heavy atom. The molecule has 2 aromatic rings. The van der Waals surface area contributed by atoms with Crippen LogP contribution in [0.2, 0.25) is 0 Å². The van der Waals surface area contributed by atoms with Crippen molar-refractivity contribution in [3.8, 4) is 11.6 Å². The van der Waals surface area contributed by atoms with E-state index in [0.717, 1.165) is 25.5 Å². The lowest BCUT2D eigenvalue weighted by molar-refractivity contribution is -0.120. The molecular weight excluding hydrogens is 409 g/mol. The quantitative estimate of drug-likeness (QED) is 0.408. The zero-order chi connectivity index (χ0) is 21.6. The zero-order valence-electron chi connectivity index (χ0n) is 16.3. The van der Waals surface area contributed by atoms with E-state index in [1.54, 1.807) is 24.3 Å². The topological polar surface area (TPSA) is 138 Å². The minimum atomic E-state index is -3.97. The van der Waals surface area contributed by atoms with Gasteiger partial charge in [-0.3, -0.25) is 4.79 Å². The molecule has 160 valence electrons. The maximum absolute atomic E-state index is 12.4. The van der Waals surface area contributed by atoms with Crippen LogP contribution in [-0.4, -0.2) is 49.0 Å². The van der Waals surface area contributed by atoms with Crippen LogP contribution in [0.15, 0.2) is 53.6 Å². The second-order valence-corrected chi connectivity index (χ2v) is 8.96. The number of benzene rings is 1. The molecule has 0 spiro atoms. The maximum atomic E-state index is 12.4. The van der Waals surface area contributed by atoms with Crippen molar-refractivity contribution in [3.63, 3.8) is 0 Å². The summed E-state index contributed by atoms with van der Waals surface area (Å²) in [6, 6.07) is 11.7. The first-order valence-electron chi connectivity index (χ1n) is 9.67. The van der Waals surface area contributed by atoms with Gasteiger partial charge < -0.3 is 20.1 Å². The Hall–Kier alpha value is -2.47. The Bertz CT molecular complexity index is 937. The third-order valence-corrected chi connectivity index (χ3v) is 6.31. The molecule has 0 aliphatic heterocycles. The van der Waals surface area contributed by atoms with Gasteiger partial charge in [0, 0.05) is 6.07 Å². The standard InChI is InChI=1S/C19H24BN3O6S/c24-18(23-17(20(25)26)11-14-5-4-6-14)13-22-30(27,28)16-9-10-19(21-12-16)29-15-7-2-1-3-8-15/h1-3,7-10,12,14,17,22,25-26H,4-6,11,13H2,(H,23,24)/t17-/m0/s1. The summed E-state index contributed by atoms with van der Waals surface area (Å²) in [5.74, 6) is -0.334. The van der Waals surface area contributed by atoms with Gasteiger partial charge in [-0.2, -0.15) is 0 Å². The van der Waals surface area contributed by atoms with Crippen molar-refractivity contribution >= 4 is 23.0 Å². The van der Waals surface area contributed by atoms with Crippen LogP contribution in [0.3, 0.4) is 0 Å².